The Bertz CT molecular complexity index is 850. The van der Waals surface area contributed by atoms with Gasteiger partial charge in [-0.2, -0.15) is 0 Å². The Morgan fingerprint density at radius 2 is 1.75 bits per heavy atom. The van der Waals surface area contributed by atoms with E-state index in [4.69, 9.17) is 9.84 Å². The van der Waals surface area contributed by atoms with Gasteiger partial charge in [0.25, 0.3) is 5.91 Å². The number of carbonyl (C=O) groups is 3. The zero-order chi connectivity index (χ0) is 20.5. The molecule has 0 aliphatic carbocycles. The van der Waals surface area contributed by atoms with Gasteiger partial charge in [0.2, 0.25) is 5.91 Å². The Kier molecular flexibility index (Phi) is 7.56. The van der Waals surface area contributed by atoms with Crippen LogP contribution in [0.15, 0.2) is 48.5 Å². The molecule has 7 heteroatoms. The fraction of sp³-hybridized carbons (Fsp3) is 0.286. The third-order valence-corrected chi connectivity index (χ3v) is 4.12. The highest BCUT2D eigenvalue weighted by Gasteiger charge is 2.20. The summed E-state index contributed by atoms with van der Waals surface area (Å²) in [7, 11) is 0. The molecule has 0 radical (unpaired) electrons. The van der Waals surface area contributed by atoms with Crippen LogP contribution in [-0.2, 0) is 9.59 Å². The normalized spacial score (nSPS) is 11.4. The number of aliphatic carboxylic acids is 1. The summed E-state index contributed by atoms with van der Waals surface area (Å²) in [6.45, 7) is 3.80. The number of amides is 2. The van der Waals surface area contributed by atoms with Gasteiger partial charge in [-0.1, -0.05) is 36.4 Å². The maximum absolute atomic E-state index is 12.4. The highest BCUT2D eigenvalue weighted by atomic mass is 16.5. The van der Waals surface area contributed by atoms with Gasteiger partial charge in [0.1, 0.15) is 5.75 Å². The van der Waals surface area contributed by atoms with Gasteiger partial charge in [-0.05, 0) is 37.1 Å². The number of hydrogen-bond acceptors (Lipinski definition) is 4. The van der Waals surface area contributed by atoms with E-state index in [1.165, 1.54) is 0 Å². The number of carboxylic acids is 1. The van der Waals surface area contributed by atoms with E-state index in [1.54, 1.807) is 36.4 Å². The van der Waals surface area contributed by atoms with Gasteiger partial charge in [0, 0.05) is 0 Å². The second-order valence-corrected chi connectivity index (χ2v) is 6.19. The van der Waals surface area contributed by atoms with Crippen molar-refractivity contribution in [2.24, 2.45) is 0 Å². The lowest BCUT2D eigenvalue weighted by molar-refractivity contribution is -0.137. The molecule has 0 saturated heterocycles. The molecule has 1 unspecified atom stereocenters. The van der Waals surface area contributed by atoms with Crippen molar-refractivity contribution in [1.29, 1.82) is 0 Å². The second-order valence-electron chi connectivity index (χ2n) is 6.19. The standard InChI is InChI=1S/C21H24N2O5/c1-3-28-18-11-7-6-10-16(18)21(27)22-13-19(24)23-17(12-20(25)26)15-9-5-4-8-14(15)2/h4-11,17H,3,12-13H2,1-2H3,(H,22,27)(H,23,24)(H,25,26). The van der Waals surface area contributed by atoms with Crippen LogP contribution in [0.5, 0.6) is 5.75 Å². The van der Waals surface area contributed by atoms with Crippen molar-refractivity contribution >= 4 is 17.8 Å². The van der Waals surface area contributed by atoms with E-state index in [0.29, 0.717) is 17.9 Å². The van der Waals surface area contributed by atoms with Crippen molar-refractivity contribution in [2.45, 2.75) is 26.3 Å². The van der Waals surface area contributed by atoms with Crippen LogP contribution in [0.25, 0.3) is 0 Å². The number of hydrogen-bond donors (Lipinski definition) is 3. The number of carbonyl (C=O) groups excluding carboxylic acids is 2. The van der Waals surface area contributed by atoms with Crippen LogP contribution in [0.2, 0.25) is 0 Å². The van der Waals surface area contributed by atoms with E-state index < -0.39 is 23.8 Å². The minimum atomic E-state index is -1.02. The van der Waals surface area contributed by atoms with Crippen LogP contribution >= 0.6 is 0 Å². The van der Waals surface area contributed by atoms with Crippen LogP contribution in [0.3, 0.4) is 0 Å². The molecule has 2 aromatic carbocycles. The molecule has 3 N–H and O–H groups in total. The number of aryl methyl sites for hydroxylation is 1. The molecule has 1 atom stereocenters. The Morgan fingerprint density at radius 3 is 2.43 bits per heavy atom. The predicted octanol–water partition coefficient (Wildman–Crippen LogP) is 2.46. The number of benzene rings is 2. The van der Waals surface area contributed by atoms with E-state index in [0.717, 1.165) is 11.1 Å². The van der Waals surface area contributed by atoms with Crippen LogP contribution in [0.1, 0.15) is 40.9 Å². The molecule has 7 nitrogen and oxygen atoms in total. The average Bonchev–Trinajstić information content (AvgIpc) is 2.66. The van der Waals surface area contributed by atoms with Crippen LogP contribution in [-0.4, -0.2) is 36.0 Å². The summed E-state index contributed by atoms with van der Waals surface area (Å²) >= 11 is 0. The van der Waals surface area contributed by atoms with Gasteiger partial charge in [0.05, 0.1) is 31.2 Å². The third-order valence-electron chi connectivity index (χ3n) is 4.12. The van der Waals surface area contributed by atoms with E-state index >= 15 is 0 Å². The lowest BCUT2D eigenvalue weighted by Crippen LogP contribution is -2.39. The fourth-order valence-corrected chi connectivity index (χ4v) is 2.83. The number of ether oxygens (including phenoxy) is 1. The molecule has 2 amide bonds. The lowest BCUT2D eigenvalue weighted by Gasteiger charge is -2.19. The predicted molar refractivity (Wildman–Crippen MR) is 104 cm³/mol. The quantitative estimate of drug-likeness (QED) is 0.616. The summed E-state index contributed by atoms with van der Waals surface area (Å²) < 4.78 is 5.42. The first-order chi connectivity index (χ1) is 13.4. The first-order valence-electron chi connectivity index (χ1n) is 8.99. The maximum Gasteiger partial charge on any atom is 0.305 e. The van der Waals surface area contributed by atoms with Gasteiger partial charge >= 0.3 is 5.97 Å². The molecule has 0 aliphatic rings. The molecular formula is C21H24N2O5. The Morgan fingerprint density at radius 1 is 1.07 bits per heavy atom. The Balaban J connectivity index is 2.02. The highest BCUT2D eigenvalue weighted by Crippen LogP contribution is 2.21. The number of rotatable bonds is 9. The van der Waals surface area contributed by atoms with Crippen LogP contribution < -0.4 is 15.4 Å². The van der Waals surface area contributed by atoms with Gasteiger partial charge in [-0.15, -0.1) is 0 Å². The Hall–Kier alpha value is -3.35. The van der Waals surface area contributed by atoms with E-state index in [1.807, 2.05) is 26.0 Å². The largest absolute Gasteiger partial charge is 0.493 e. The molecule has 0 bridgehead atoms. The van der Waals surface area contributed by atoms with E-state index in [9.17, 15) is 14.4 Å². The van der Waals surface area contributed by atoms with Crippen molar-refractivity contribution in [2.75, 3.05) is 13.2 Å². The van der Waals surface area contributed by atoms with Crippen molar-refractivity contribution in [3.8, 4) is 5.75 Å². The van der Waals surface area contributed by atoms with Gasteiger partial charge in [-0.25, -0.2) is 0 Å². The highest BCUT2D eigenvalue weighted by molar-refractivity contribution is 5.98. The molecule has 0 saturated carbocycles. The van der Waals surface area contributed by atoms with Crippen molar-refractivity contribution < 1.29 is 24.2 Å². The molecule has 2 aromatic rings. The molecule has 2 rings (SSSR count). The molecule has 0 fully saturated rings. The molecule has 28 heavy (non-hydrogen) atoms. The first kappa shape index (κ1) is 21.0. The number of para-hydroxylation sites is 1. The van der Waals surface area contributed by atoms with Crippen molar-refractivity contribution in [3.63, 3.8) is 0 Å². The summed E-state index contributed by atoms with van der Waals surface area (Å²) in [5.74, 6) is -1.50. The SMILES string of the molecule is CCOc1ccccc1C(=O)NCC(=O)NC(CC(=O)O)c1ccccc1C. The summed E-state index contributed by atoms with van der Waals surface area (Å²) in [5.41, 5.74) is 1.94. The number of nitrogens with one attached hydrogen (secondary N) is 2. The molecular weight excluding hydrogens is 360 g/mol. The Labute approximate surface area is 163 Å². The third kappa shape index (κ3) is 5.84. The smallest absolute Gasteiger partial charge is 0.305 e. The zero-order valence-electron chi connectivity index (χ0n) is 15.9. The van der Waals surface area contributed by atoms with Gasteiger partial charge in [-0.3, -0.25) is 14.4 Å². The molecule has 0 heterocycles. The van der Waals surface area contributed by atoms with Crippen LogP contribution in [0.4, 0.5) is 0 Å². The lowest BCUT2D eigenvalue weighted by atomic mass is 9.99. The summed E-state index contributed by atoms with van der Waals surface area (Å²) in [6.07, 6.45) is -0.252. The molecule has 0 aromatic heterocycles. The zero-order valence-corrected chi connectivity index (χ0v) is 15.9. The minimum Gasteiger partial charge on any atom is -0.493 e. The maximum atomic E-state index is 12.4. The fourth-order valence-electron chi connectivity index (χ4n) is 2.83. The van der Waals surface area contributed by atoms with Crippen molar-refractivity contribution in [3.05, 3.63) is 65.2 Å². The first-order valence-corrected chi connectivity index (χ1v) is 8.99. The minimum absolute atomic E-state index is 0.252. The molecule has 0 aliphatic heterocycles. The van der Waals surface area contributed by atoms with Crippen molar-refractivity contribution in [1.82, 2.24) is 10.6 Å². The molecule has 0 spiro atoms. The topological polar surface area (TPSA) is 105 Å². The number of carboxylic acid groups (broad SMARTS) is 1. The van der Waals surface area contributed by atoms with Gasteiger partial charge in [0.15, 0.2) is 0 Å². The van der Waals surface area contributed by atoms with E-state index in [2.05, 4.69) is 10.6 Å². The summed E-state index contributed by atoms with van der Waals surface area (Å²) in [6, 6.07) is 13.3. The molecule has 148 valence electrons. The summed E-state index contributed by atoms with van der Waals surface area (Å²) in [4.78, 5) is 35.9. The van der Waals surface area contributed by atoms with Gasteiger partial charge < -0.3 is 20.5 Å². The van der Waals surface area contributed by atoms with E-state index in [-0.39, 0.29) is 13.0 Å². The summed E-state index contributed by atoms with van der Waals surface area (Å²) in [5, 5.41) is 14.4. The van der Waals surface area contributed by atoms with Crippen LogP contribution in [0, 0.1) is 6.92 Å². The monoisotopic (exact) mass is 384 g/mol. The second kappa shape index (κ2) is 10.1. The average molecular weight is 384 g/mol.